The Morgan fingerprint density at radius 3 is 3.06 bits per heavy atom. The number of esters is 1. The average molecular weight is 254 g/mol. The van der Waals surface area contributed by atoms with Gasteiger partial charge in [-0.25, -0.2) is 4.98 Å². The van der Waals surface area contributed by atoms with Crippen LogP contribution < -0.4 is 5.73 Å². The molecule has 2 rings (SSSR count). The number of hydrogen-bond donors (Lipinski definition) is 2. The largest absolute Gasteiger partial charge is 0.468 e. The summed E-state index contributed by atoms with van der Waals surface area (Å²) in [5.74, 6) is -0.214. The highest BCUT2D eigenvalue weighted by atomic mass is 16.5. The molecule has 2 heterocycles. The molecular weight excluding hydrogens is 232 g/mol. The molecule has 102 valence electrons. The van der Waals surface area contributed by atoms with Crippen molar-refractivity contribution in [3.05, 3.63) is 18.2 Å². The van der Waals surface area contributed by atoms with Crippen molar-refractivity contribution >= 4 is 5.97 Å². The van der Waals surface area contributed by atoms with Gasteiger partial charge in [0.2, 0.25) is 0 Å². The number of carbonyl (C=O) groups is 1. The lowest BCUT2D eigenvalue weighted by molar-refractivity contribution is -0.146. The number of nitrogens with one attached hydrogen (secondary N) is 1. The third-order valence-corrected chi connectivity index (χ3v) is 3.14. The predicted molar refractivity (Wildman–Crippen MR) is 69.0 cm³/mol. The van der Waals surface area contributed by atoms with E-state index in [1.165, 1.54) is 7.11 Å². The molecule has 0 spiro atoms. The van der Waals surface area contributed by atoms with E-state index in [1.54, 1.807) is 12.5 Å². The summed E-state index contributed by atoms with van der Waals surface area (Å²) in [4.78, 5) is 20.8. The minimum absolute atomic E-state index is 0. The Hall–Kier alpha value is -1.40. The molecular formula is C12H22N4O2. The van der Waals surface area contributed by atoms with E-state index in [0.717, 1.165) is 25.2 Å². The van der Waals surface area contributed by atoms with Crippen LogP contribution in [0.4, 0.5) is 0 Å². The molecule has 2 atom stereocenters. The van der Waals surface area contributed by atoms with Crippen LogP contribution in [0.1, 0.15) is 19.5 Å². The van der Waals surface area contributed by atoms with Gasteiger partial charge in [0.05, 0.1) is 13.4 Å². The second-order valence-corrected chi connectivity index (χ2v) is 4.36. The van der Waals surface area contributed by atoms with Crippen molar-refractivity contribution in [3.8, 4) is 0 Å². The smallest absolute Gasteiger partial charge is 0.323 e. The van der Waals surface area contributed by atoms with Crippen LogP contribution >= 0.6 is 0 Å². The minimum Gasteiger partial charge on any atom is -0.468 e. The molecule has 1 unspecified atom stereocenters. The highest BCUT2D eigenvalue weighted by Gasteiger charge is 2.32. The van der Waals surface area contributed by atoms with Crippen molar-refractivity contribution in [2.45, 2.75) is 32.4 Å². The van der Waals surface area contributed by atoms with E-state index < -0.39 is 0 Å². The number of H-pyrrole nitrogens is 1. The first-order chi connectivity index (χ1) is 8.20. The lowest BCUT2D eigenvalue weighted by atomic mass is 10.1. The molecule has 1 aliphatic rings. The van der Waals surface area contributed by atoms with Gasteiger partial charge in [-0.1, -0.05) is 7.43 Å². The van der Waals surface area contributed by atoms with Gasteiger partial charge in [0, 0.05) is 37.4 Å². The van der Waals surface area contributed by atoms with E-state index in [0.29, 0.717) is 6.42 Å². The molecule has 0 saturated carbocycles. The summed E-state index contributed by atoms with van der Waals surface area (Å²) in [5, 5.41) is 0. The Morgan fingerprint density at radius 2 is 2.56 bits per heavy atom. The molecule has 1 aromatic heterocycles. The van der Waals surface area contributed by atoms with Crippen molar-refractivity contribution in [2.24, 2.45) is 5.73 Å². The zero-order chi connectivity index (χ0) is 12.3. The van der Waals surface area contributed by atoms with Crippen molar-refractivity contribution in [1.82, 2.24) is 14.9 Å². The van der Waals surface area contributed by atoms with E-state index in [9.17, 15) is 4.79 Å². The van der Waals surface area contributed by atoms with Crippen LogP contribution in [0.2, 0.25) is 0 Å². The Kier molecular flexibility index (Phi) is 5.30. The molecule has 1 saturated heterocycles. The first-order valence-corrected chi connectivity index (χ1v) is 5.75. The number of ether oxygens (including phenoxy) is 1. The normalized spacial score (nSPS) is 21.3. The Labute approximate surface area is 108 Å². The van der Waals surface area contributed by atoms with Crippen LogP contribution in [0.3, 0.4) is 0 Å². The first kappa shape index (κ1) is 14.7. The summed E-state index contributed by atoms with van der Waals surface area (Å²) >= 11 is 0. The fraction of sp³-hybridized carbons (Fsp3) is 0.667. The van der Waals surface area contributed by atoms with Crippen molar-refractivity contribution in [2.75, 3.05) is 20.2 Å². The molecule has 1 fully saturated rings. The fourth-order valence-corrected chi connectivity index (χ4v) is 2.20. The van der Waals surface area contributed by atoms with Gasteiger partial charge in [-0.15, -0.1) is 0 Å². The summed E-state index contributed by atoms with van der Waals surface area (Å²) in [6.45, 7) is 1.59. The number of imidazole rings is 1. The molecule has 6 nitrogen and oxygen atoms in total. The van der Waals surface area contributed by atoms with Crippen LogP contribution in [0.25, 0.3) is 0 Å². The third-order valence-electron chi connectivity index (χ3n) is 3.14. The Morgan fingerprint density at radius 1 is 1.78 bits per heavy atom. The molecule has 6 heteroatoms. The van der Waals surface area contributed by atoms with Gasteiger partial charge in [-0.05, 0) is 6.42 Å². The number of hydrogen-bond acceptors (Lipinski definition) is 5. The molecule has 3 N–H and O–H groups in total. The molecule has 0 aromatic carbocycles. The summed E-state index contributed by atoms with van der Waals surface area (Å²) in [6, 6.07) is -0.113. The topological polar surface area (TPSA) is 84.2 Å². The summed E-state index contributed by atoms with van der Waals surface area (Å²) in [6.07, 6.45) is 4.85. The lowest BCUT2D eigenvalue weighted by Crippen LogP contribution is -2.43. The molecule has 18 heavy (non-hydrogen) atoms. The highest BCUT2D eigenvalue weighted by Crippen LogP contribution is 2.15. The number of likely N-dealkylation sites (tertiary alicyclic amines) is 1. The Bertz CT molecular complexity index is 366. The van der Waals surface area contributed by atoms with Crippen molar-refractivity contribution in [1.29, 1.82) is 0 Å². The van der Waals surface area contributed by atoms with Crippen molar-refractivity contribution < 1.29 is 9.53 Å². The van der Waals surface area contributed by atoms with E-state index >= 15 is 0 Å². The maximum absolute atomic E-state index is 11.8. The summed E-state index contributed by atoms with van der Waals surface area (Å²) < 4.78 is 4.85. The standard InChI is InChI=1S/C11H18N4O2.CH4/c1-17-11(16)10(4-9-5-13-7-14-9)15-3-2-8(12)6-15;/h5,7-8,10H,2-4,6,12H2,1H3,(H,13,14);1H4/t8-,10?;/m0./s1. The zero-order valence-corrected chi connectivity index (χ0v) is 9.93. The van der Waals surface area contributed by atoms with Gasteiger partial charge in [0.15, 0.2) is 0 Å². The number of nitrogens with zero attached hydrogens (tertiary/aromatic N) is 2. The van der Waals surface area contributed by atoms with E-state index in [-0.39, 0.29) is 25.5 Å². The van der Waals surface area contributed by atoms with Gasteiger partial charge in [0.1, 0.15) is 6.04 Å². The van der Waals surface area contributed by atoms with Gasteiger partial charge in [0.25, 0.3) is 0 Å². The second-order valence-electron chi connectivity index (χ2n) is 4.36. The number of aromatic amines is 1. The minimum atomic E-state index is -0.269. The van der Waals surface area contributed by atoms with E-state index in [1.807, 2.05) is 0 Å². The second kappa shape index (κ2) is 6.51. The monoisotopic (exact) mass is 254 g/mol. The van der Waals surface area contributed by atoms with Crippen LogP contribution in [-0.4, -0.2) is 53.1 Å². The lowest BCUT2D eigenvalue weighted by Gasteiger charge is -2.24. The molecule has 0 radical (unpaired) electrons. The van der Waals surface area contributed by atoms with Gasteiger partial charge in [-0.2, -0.15) is 0 Å². The number of methoxy groups -OCH3 is 1. The van der Waals surface area contributed by atoms with Gasteiger partial charge < -0.3 is 15.5 Å². The highest BCUT2D eigenvalue weighted by molar-refractivity contribution is 5.76. The Balaban J connectivity index is 0.00000162. The predicted octanol–water partition coefficient (Wildman–Crippen LogP) is 0.163. The van der Waals surface area contributed by atoms with E-state index in [2.05, 4.69) is 14.9 Å². The maximum Gasteiger partial charge on any atom is 0.323 e. The average Bonchev–Trinajstić information content (AvgIpc) is 2.96. The zero-order valence-electron chi connectivity index (χ0n) is 9.93. The van der Waals surface area contributed by atoms with Crippen LogP contribution in [0.5, 0.6) is 0 Å². The van der Waals surface area contributed by atoms with Crippen LogP contribution in [0, 0.1) is 0 Å². The summed E-state index contributed by atoms with van der Waals surface area (Å²) in [7, 11) is 1.41. The first-order valence-electron chi connectivity index (χ1n) is 5.75. The van der Waals surface area contributed by atoms with E-state index in [4.69, 9.17) is 10.5 Å². The van der Waals surface area contributed by atoms with Crippen LogP contribution in [0.15, 0.2) is 12.5 Å². The molecule has 1 aromatic rings. The fourth-order valence-electron chi connectivity index (χ4n) is 2.20. The summed E-state index contributed by atoms with van der Waals surface area (Å²) in [5.41, 5.74) is 6.80. The maximum atomic E-state index is 11.8. The van der Waals surface area contributed by atoms with Gasteiger partial charge >= 0.3 is 5.97 Å². The van der Waals surface area contributed by atoms with Crippen LogP contribution in [-0.2, 0) is 16.0 Å². The number of nitrogens with two attached hydrogens (primary N) is 1. The number of carbonyl (C=O) groups excluding carboxylic acids is 1. The SMILES string of the molecule is C.COC(=O)C(Cc1cnc[nH]1)N1CC[C@H](N)C1. The number of aromatic nitrogens is 2. The number of rotatable bonds is 4. The van der Waals surface area contributed by atoms with Gasteiger partial charge in [-0.3, -0.25) is 9.69 Å². The molecule has 0 aliphatic carbocycles. The molecule has 0 amide bonds. The third kappa shape index (κ3) is 3.30. The molecule has 1 aliphatic heterocycles. The quantitative estimate of drug-likeness (QED) is 0.748. The molecule has 0 bridgehead atoms. The van der Waals surface area contributed by atoms with Crippen molar-refractivity contribution in [3.63, 3.8) is 0 Å².